The van der Waals surface area contributed by atoms with Crippen molar-refractivity contribution in [1.82, 2.24) is 0 Å². The van der Waals surface area contributed by atoms with Gasteiger partial charge >= 0.3 is 11.9 Å². The molecule has 0 N–H and O–H groups in total. The van der Waals surface area contributed by atoms with E-state index in [-0.39, 0.29) is 11.9 Å². The highest BCUT2D eigenvalue weighted by molar-refractivity contribution is 6.09. The van der Waals surface area contributed by atoms with Gasteiger partial charge in [-0.05, 0) is 12.8 Å². The normalized spacial score (nSPS) is 17.6. The maximum absolute atomic E-state index is 10.7. The second-order valence-corrected chi connectivity index (χ2v) is 3.14. The number of rotatable bonds is 5. The van der Waals surface area contributed by atoms with Crippen molar-refractivity contribution < 1.29 is 14.3 Å². The van der Waals surface area contributed by atoms with Crippen LogP contribution in [-0.2, 0) is 14.3 Å². The van der Waals surface area contributed by atoms with Crippen LogP contribution in [0.3, 0.4) is 0 Å². The first-order valence-corrected chi connectivity index (χ1v) is 4.66. The first-order chi connectivity index (χ1) is 6.25. The van der Waals surface area contributed by atoms with Gasteiger partial charge < -0.3 is 4.74 Å². The summed E-state index contributed by atoms with van der Waals surface area (Å²) < 4.78 is 4.22. The second kappa shape index (κ2) is 4.80. The Morgan fingerprint density at radius 3 is 2.54 bits per heavy atom. The number of allylic oxidation sites excluding steroid dienone is 2. The van der Waals surface area contributed by atoms with Gasteiger partial charge in [-0.1, -0.05) is 31.9 Å². The Morgan fingerprint density at radius 1 is 1.31 bits per heavy atom. The van der Waals surface area contributed by atoms with E-state index >= 15 is 0 Å². The van der Waals surface area contributed by atoms with Gasteiger partial charge in [0.25, 0.3) is 0 Å². The van der Waals surface area contributed by atoms with Gasteiger partial charge in [0, 0.05) is 0 Å². The third kappa shape index (κ3) is 2.68. The Labute approximate surface area is 77.8 Å². The van der Waals surface area contributed by atoms with Crippen molar-refractivity contribution >= 4 is 11.9 Å². The van der Waals surface area contributed by atoms with E-state index in [2.05, 4.69) is 11.7 Å². The Bertz CT molecular complexity index is 216. The lowest BCUT2D eigenvalue weighted by atomic mass is 10.0. The van der Waals surface area contributed by atoms with E-state index in [4.69, 9.17) is 0 Å². The summed E-state index contributed by atoms with van der Waals surface area (Å²) in [6, 6.07) is 0. The number of ether oxygens (including phenoxy) is 1. The lowest BCUT2D eigenvalue weighted by molar-refractivity contribution is -0.183. The van der Waals surface area contributed by atoms with Gasteiger partial charge in [-0.15, -0.1) is 0 Å². The molecule has 0 unspecified atom stereocenters. The van der Waals surface area contributed by atoms with Crippen LogP contribution in [0.25, 0.3) is 0 Å². The smallest absolute Gasteiger partial charge is 0.328 e. The average molecular weight is 182 g/mol. The van der Waals surface area contributed by atoms with Crippen LogP contribution in [0.1, 0.15) is 32.6 Å². The topological polar surface area (TPSA) is 43.4 Å². The minimum Gasteiger partial charge on any atom is -0.392 e. The van der Waals surface area contributed by atoms with E-state index in [1.807, 2.05) is 12.2 Å². The molecule has 3 nitrogen and oxygen atoms in total. The van der Waals surface area contributed by atoms with Gasteiger partial charge in [-0.3, -0.25) is 9.59 Å². The molecular weight excluding hydrogens is 168 g/mol. The van der Waals surface area contributed by atoms with Crippen LogP contribution in [0.5, 0.6) is 0 Å². The zero-order chi connectivity index (χ0) is 9.68. The minimum absolute atomic E-state index is 0.384. The molecule has 1 fully saturated rings. The number of unbranched alkanes of at least 4 members (excludes halogenated alkanes) is 2. The van der Waals surface area contributed by atoms with E-state index in [1.165, 1.54) is 0 Å². The quantitative estimate of drug-likeness (QED) is 0.282. The third-order valence-corrected chi connectivity index (χ3v) is 2.03. The molecule has 0 aliphatic carbocycles. The lowest BCUT2D eigenvalue weighted by Gasteiger charge is -2.19. The van der Waals surface area contributed by atoms with Crippen molar-refractivity contribution in [2.24, 2.45) is 5.92 Å². The van der Waals surface area contributed by atoms with Gasteiger partial charge in [-0.25, -0.2) is 0 Å². The molecule has 0 atom stereocenters. The standard InChI is InChI=1S/C10H14O3/c1-2-3-4-5-6-7-8-9(11)13-10(8)12/h5-6,8H,2-4,7H2,1H3/b6-5+. The Morgan fingerprint density at radius 2 is 2.00 bits per heavy atom. The zero-order valence-electron chi connectivity index (χ0n) is 7.79. The predicted octanol–water partition coefficient (Wildman–Crippen LogP) is 1.82. The molecule has 13 heavy (non-hydrogen) atoms. The number of cyclic esters (lactones) is 2. The molecular formula is C10H14O3. The van der Waals surface area contributed by atoms with Gasteiger partial charge in [0.15, 0.2) is 5.92 Å². The number of carbonyl (C=O) groups is 2. The summed E-state index contributed by atoms with van der Waals surface area (Å²) in [5, 5.41) is 0. The lowest BCUT2D eigenvalue weighted by Crippen LogP contribution is -2.40. The SMILES string of the molecule is CCCC/C=C/CC1C(=O)OC1=O. The van der Waals surface area contributed by atoms with E-state index < -0.39 is 5.92 Å². The molecule has 1 aliphatic heterocycles. The molecule has 0 radical (unpaired) electrons. The van der Waals surface area contributed by atoms with Crippen molar-refractivity contribution in [2.75, 3.05) is 0 Å². The first-order valence-electron chi connectivity index (χ1n) is 4.66. The second-order valence-electron chi connectivity index (χ2n) is 3.14. The number of hydrogen-bond donors (Lipinski definition) is 0. The molecule has 72 valence electrons. The summed E-state index contributed by atoms with van der Waals surface area (Å²) in [5.74, 6) is -1.28. The molecule has 1 saturated heterocycles. The number of esters is 2. The molecule has 0 saturated carbocycles. The van der Waals surface area contributed by atoms with Crippen LogP contribution >= 0.6 is 0 Å². The summed E-state index contributed by atoms with van der Waals surface area (Å²) in [4.78, 5) is 21.4. The number of hydrogen-bond acceptors (Lipinski definition) is 3. The highest BCUT2D eigenvalue weighted by atomic mass is 16.6. The van der Waals surface area contributed by atoms with Crippen molar-refractivity contribution in [2.45, 2.75) is 32.6 Å². The summed E-state index contributed by atoms with van der Waals surface area (Å²) >= 11 is 0. The molecule has 0 amide bonds. The van der Waals surface area contributed by atoms with Crippen molar-refractivity contribution in [1.29, 1.82) is 0 Å². The fourth-order valence-corrected chi connectivity index (χ4v) is 1.14. The van der Waals surface area contributed by atoms with Gasteiger partial charge in [0.1, 0.15) is 0 Å². The van der Waals surface area contributed by atoms with E-state index in [0.717, 1.165) is 19.3 Å². The van der Waals surface area contributed by atoms with E-state index in [1.54, 1.807) is 0 Å². The van der Waals surface area contributed by atoms with Crippen molar-refractivity contribution in [3.8, 4) is 0 Å². The molecule has 1 rings (SSSR count). The average Bonchev–Trinajstić information content (AvgIpc) is 2.11. The Kier molecular flexibility index (Phi) is 3.68. The van der Waals surface area contributed by atoms with Gasteiger partial charge in [0.2, 0.25) is 0 Å². The van der Waals surface area contributed by atoms with Crippen LogP contribution in [0.15, 0.2) is 12.2 Å². The molecule has 0 bridgehead atoms. The van der Waals surface area contributed by atoms with Crippen molar-refractivity contribution in [3.63, 3.8) is 0 Å². The summed E-state index contributed by atoms with van der Waals surface area (Å²) in [5.41, 5.74) is 0. The summed E-state index contributed by atoms with van der Waals surface area (Å²) in [7, 11) is 0. The van der Waals surface area contributed by atoms with Gasteiger partial charge in [-0.2, -0.15) is 0 Å². The van der Waals surface area contributed by atoms with Crippen LogP contribution in [0.4, 0.5) is 0 Å². The fourth-order valence-electron chi connectivity index (χ4n) is 1.14. The molecule has 1 aliphatic rings. The summed E-state index contributed by atoms with van der Waals surface area (Å²) in [6.45, 7) is 2.13. The first kappa shape index (κ1) is 9.96. The highest BCUT2D eigenvalue weighted by Gasteiger charge is 2.40. The van der Waals surface area contributed by atoms with Crippen LogP contribution in [0.2, 0.25) is 0 Å². The Hall–Kier alpha value is -1.12. The largest absolute Gasteiger partial charge is 0.392 e. The molecule has 0 aromatic rings. The monoisotopic (exact) mass is 182 g/mol. The maximum Gasteiger partial charge on any atom is 0.328 e. The van der Waals surface area contributed by atoms with Crippen LogP contribution in [0, 0.1) is 5.92 Å². The van der Waals surface area contributed by atoms with Crippen LogP contribution in [-0.4, -0.2) is 11.9 Å². The maximum atomic E-state index is 10.7. The molecule has 0 aromatic heterocycles. The number of carbonyl (C=O) groups excluding carboxylic acids is 2. The van der Waals surface area contributed by atoms with Gasteiger partial charge in [0.05, 0.1) is 0 Å². The van der Waals surface area contributed by atoms with E-state index in [9.17, 15) is 9.59 Å². The molecule has 0 aromatic carbocycles. The predicted molar refractivity (Wildman–Crippen MR) is 47.9 cm³/mol. The summed E-state index contributed by atoms with van der Waals surface area (Å²) in [6.07, 6.45) is 7.74. The fraction of sp³-hybridized carbons (Fsp3) is 0.600. The zero-order valence-corrected chi connectivity index (χ0v) is 7.79. The molecule has 0 spiro atoms. The van der Waals surface area contributed by atoms with E-state index in [0.29, 0.717) is 6.42 Å². The third-order valence-electron chi connectivity index (χ3n) is 2.03. The Balaban J connectivity index is 2.15. The minimum atomic E-state index is -0.516. The molecule has 1 heterocycles. The van der Waals surface area contributed by atoms with Crippen LogP contribution < -0.4 is 0 Å². The highest BCUT2D eigenvalue weighted by Crippen LogP contribution is 2.19. The molecule has 3 heteroatoms. The van der Waals surface area contributed by atoms with Crippen molar-refractivity contribution in [3.05, 3.63) is 12.2 Å².